The van der Waals surface area contributed by atoms with E-state index in [0.29, 0.717) is 33.6 Å². The molecule has 11 heteroatoms. The van der Waals surface area contributed by atoms with Crippen LogP contribution in [0.4, 0.5) is 17.1 Å². The Morgan fingerprint density at radius 2 is 1.72 bits per heavy atom. The molecular weight excluding hydrogens is 566 g/mol. The maximum absolute atomic E-state index is 12.5. The van der Waals surface area contributed by atoms with Gasteiger partial charge in [0.1, 0.15) is 23.3 Å². The van der Waals surface area contributed by atoms with Crippen molar-refractivity contribution in [2.24, 2.45) is 0 Å². The Hall–Kier alpha value is -5.55. The number of para-hydroxylation sites is 2. The minimum atomic E-state index is -0.460. The second kappa shape index (κ2) is 12.1. The van der Waals surface area contributed by atoms with E-state index in [1.54, 1.807) is 60.8 Å². The van der Waals surface area contributed by atoms with Crippen LogP contribution in [0.3, 0.4) is 0 Å². The van der Waals surface area contributed by atoms with Gasteiger partial charge in [-0.05, 0) is 78.9 Å². The van der Waals surface area contributed by atoms with Crippen molar-refractivity contribution in [3.8, 4) is 17.1 Å². The molecule has 0 aliphatic carbocycles. The number of benzene rings is 3. The minimum Gasteiger partial charge on any atom is -0.484 e. The minimum absolute atomic E-state index is 0.0478. The van der Waals surface area contributed by atoms with E-state index >= 15 is 0 Å². The Morgan fingerprint density at radius 1 is 0.977 bits per heavy atom. The summed E-state index contributed by atoms with van der Waals surface area (Å²) in [6.45, 7) is -0.125. The maximum atomic E-state index is 12.5. The SMILES string of the molecule is O=C(COc1ccccc1)Nc1ccc(N2C(=S)N[C@@H](c3ccccn3)[C@H]2c2ccc(-c3ccccc3[N+](=O)[O-])o2)cc1. The summed E-state index contributed by atoms with van der Waals surface area (Å²) >= 11 is 5.79. The molecule has 0 unspecified atom stereocenters. The molecule has 0 bridgehead atoms. The quantitative estimate of drug-likeness (QED) is 0.113. The zero-order valence-corrected chi connectivity index (χ0v) is 23.4. The van der Waals surface area contributed by atoms with Crippen molar-refractivity contribution in [3.05, 3.63) is 137 Å². The van der Waals surface area contributed by atoms with Crippen LogP contribution in [0.1, 0.15) is 23.5 Å². The van der Waals surface area contributed by atoms with Crippen LogP contribution in [-0.2, 0) is 4.79 Å². The zero-order valence-electron chi connectivity index (χ0n) is 22.6. The van der Waals surface area contributed by atoms with Gasteiger partial charge < -0.3 is 24.7 Å². The van der Waals surface area contributed by atoms with Gasteiger partial charge >= 0.3 is 0 Å². The normalized spacial score (nSPS) is 16.0. The Bertz CT molecular complexity index is 1760. The van der Waals surface area contributed by atoms with Gasteiger partial charge in [0.15, 0.2) is 11.7 Å². The van der Waals surface area contributed by atoms with Crippen molar-refractivity contribution in [1.82, 2.24) is 10.3 Å². The first kappa shape index (κ1) is 27.6. The van der Waals surface area contributed by atoms with Crippen LogP contribution < -0.4 is 20.3 Å². The number of anilines is 2. The number of nitrogens with zero attached hydrogens (tertiary/aromatic N) is 3. The summed E-state index contributed by atoms with van der Waals surface area (Å²) in [5.41, 5.74) is 2.43. The fraction of sp³-hybridized carbons (Fsp3) is 0.0938. The molecule has 1 amide bonds. The van der Waals surface area contributed by atoms with Crippen LogP contribution in [0.15, 0.2) is 120 Å². The molecule has 43 heavy (non-hydrogen) atoms. The van der Waals surface area contributed by atoms with Crippen LogP contribution in [0, 0.1) is 10.1 Å². The number of carbonyl (C=O) groups excluding carboxylic acids is 1. The number of furan rings is 1. The molecule has 2 aromatic heterocycles. The Labute approximate surface area is 252 Å². The molecule has 3 aromatic carbocycles. The average molecular weight is 592 g/mol. The molecule has 1 aliphatic rings. The lowest BCUT2D eigenvalue weighted by Gasteiger charge is -2.26. The smallest absolute Gasteiger partial charge is 0.280 e. The van der Waals surface area contributed by atoms with Gasteiger partial charge in [-0.15, -0.1) is 0 Å². The first-order chi connectivity index (χ1) is 21.0. The molecule has 2 atom stereocenters. The first-order valence-corrected chi connectivity index (χ1v) is 13.8. The molecule has 10 nitrogen and oxygen atoms in total. The number of nitro groups is 1. The molecule has 1 saturated heterocycles. The molecular formula is C32H25N5O5S. The van der Waals surface area contributed by atoms with Gasteiger partial charge in [-0.3, -0.25) is 19.9 Å². The van der Waals surface area contributed by atoms with Crippen molar-refractivity contribution in [3.63, 3.8) is 0 Å². The van der Waals surface area contributed by atoms with Crippen LogP contribution in [0.25, 0.3) is 11.3 Å². The topological polar surface area (TPSA) is 123 Å². The molecule has 214 valence electrons. The lowest BCUT2D eigenvalue weighted by Crippen LogP contribution is -2.29. The molecule has 6 rings (SSSR count). The van der Waals surface area contributed by atoms with Crippen molar-refractivity contribution >= 4 is 40.3 Å². The lowest BCUT2D eigenvalue weighted by atomic mass is 10.0. The van der Waals surface area contributed by atoms with Gasteiger partial charge in [-0.1, -0.05) is 36.4 Å². The monoisotopic (exact) mass is 591 g/mol. The van der Waals surface area contributed by atoms with Gasteiger partial charge in [0, 0.05) is 23.6 Å². The number of thiocarbonyl (C=S) groups is 1. The number of aromatic nitrogens is 1. The summed E-state index contributed by atoms with van der Waals surface area (Å²) in [5.74, 6) is 1.24. The highest BCUT2D eigenvalue weighted by Gasteiger charge is 2.42. The zero-order chi connectivity index (χ0) is 29.8. The summed E-state index contributed by atoms with van der Waals surface area (Å²) < 4.78 is 11.8. The van der Waals surface area contributed by atoms with E-state index in [1.807, 2.05) is 53.4 Å². The third-order valence-electron chi connectivity index (χ3n) is 6.92. The Morgan fingerprint density at radius 3 is 2.47 bits per heavy atom. The maximum Gasteiger partial charge on any atom is 0.280 e. The number of nitro benzene ring substituents is 1. The van der Waals surface area contributed by atoms with Crippen LogP contribution in [0.2, 0.25) is 0 Å². The average Bonchev–Trinajstić information content (AvgIpc) is 3.66. The number of hydrogen-bond acceptors (Lipinski definition) is 7. The van der Waals surface area contributed by atoms with E-state index < -0.39 is 11.0 Å². The first-order valence-electron chi connectivity index (χ1n) is 13.4. The highest BCUT2D eigenvalue weighted by Crippen LogP contribution is 2.43. The number of hydrogen-bond donors (Lipinski definition) is 2. The number of nitrogens with one attached hydrogen (secondary N) is 2. The Kier molecular flexibility index (Phi) is 7.79. The van der Waals surface area contributed by atoms with E-state index in [2.05, 4.69) is 15.6 Å². The number of ether oxygens (including phenoxy) is 1. The molecule has 0 radical (unpaired) electrons. The third kappa shape index (κ3) is 5.92. The van der Waals surface area contributed by atoms with E-state index in [0.717, 1.165) is 11.4 Å². The van der Waals surface area contributed by atoms with Gasteiger partial charge in [0.2, 0.25) is 0 Å². The predicted octanol–water partition coefficient (Wildman–Crippen LogP) is 6.44. The van der Waals surface area contributed by atoms with E-state index in [1.165, 1.54) is 6.07 Å². The summed E-state index contributed by atoms with van der Waals surface area (Å²) in [7, 11) is 0. The summed E-state index contributed by atoms with van der Waals surface area (Å²) in [6.07, 6.45) is 1.71. The summed E-state index contributed by atoms with van der Waals surface area (Å²) in [6, 6.07) is 31.2. The third-order valence-corrected chi connectivity index (χ3v) is 7.24. The van der Waals surface area contributed by atoms with Crippen molar-refractivity contribution < 1.29 is 18.9 Å². The summed E-state index contributed by atoms with van der Waals surface area (Å²) in [5, 5.41) is 18.3. The van der Waals surface area contributed by atoms with Crippen LogP contribution in [-0.4, -0.2) is 27.5 Å². The van der Waals surface area contributed by atoms with E-state index in [-0.39, 0.29) is 24.2 Å². The highest BCUT2D eigenvalue weighted by molar-refractivity contribution is 7.80. The number of amides is 1. The number of rotatable bonds is 9. The second-order valence-electron chi connectivity index (χ2n) is 9.67. The lowest BCUT2D eigenvalue weighted by molar-refractivity contribution is -0.384. The highest BCUT2D eigenvalue weighted by atomic mass is 32.1. The summed E-state index contributed by atoms with van der Waals surface area (Å²) in [4.78, 5) is 30.2. The predicted molar refractivity (Wildman–Crippen MR) is 166 cm³/mol. The van der Waals surface area contributed by atoms with Crippen molar-refractivity contribution in [2.45, 2.75) is 12.1 Å². The number of pyridine rings is 1. The van der Waals surface area contributed by atoms with Crippen molar-refractivity contribution in [2.75, 3.05) is 16.8 Å². The van der Waals surface area contributed by atoms with E-state index in [4.69, 9.17) is 21.4 Å². The second-order valence-corrected chi connectivity index (χ2v) is 10.1. The van der Waals surface area contributed by atoms with Crippen LogP contribution >= 0.6 is 12.2 Å². The fourth-order valence-corrected chi connectivity index (χ4v) is 5.33. The molecule has 0 saturated carbocycles. The molecule has 5 aromatic rings. The van der Waals surface area contributed by atoms with Crippen molar-refractivity contribution in [1.29, 1.82) is 0 Å². The van der Waals surface area contributed by atoms with Gasteiger partial charge in [0.25, 0.3) is 11.6 Å². The van der Waals surface area contributed by atoms with Gasteiger partial charge in [-0.2, -0.15) is 0 Å². The van der Waals surface area contributed by atoms with Gasteiger partial charge in [-0.25, -0.2) is 0 Å². The number of carbonyl (C=O) groups is 1. The fourth-order valence-electron chi connectivity index (χ4n) is 4.99. The molecule has 2 N–H and O–H groups in total. The molecule has 1 fully saturated rings. The molecule has 0 spiro atoms. The Balaban J connectivity index is 1.27. The van der Waals surface area contributed by atoms with E-state index in [9.17, 15) is 14.9 Å². The molecule has 3 heterocycles. The largest absolute Gasteiger partial charge is 0.484 e. The van der Waals surface area contributed by atoms with Crippen LogP contribution in [0.5, 0.6) is 5.75 Å². The standard InChI is InChI=1S/C32H25N5O5S/c38-29(20-41-23-8-2-1-3-9-23)34-21-13-15-22(16-14-21)36-31(30(35-32(36)43)25-11-6-7-19-33-25)28-18-17-27(42-28)24-10-4-5-12-26(24)37(39)40/h1-19,30-31H,20H2,(H,34,38)(H,35,43)/t30-,31+/m0/s1. The molecule has 1 aliphatic heterocycles. The van der Waals surface area contributed by atoms with Gasteiger partial charge in [0.05, 0.1) is 22.2 Å².